The lowest BCUT2D eigenvalue weighted by molar-refractivity contribution is -0.0461. The summed E-state index contributed by atoms with van der Waals surface area (Å²) in [6.45, 7) is 5.35. The molecule has 0 spiro atoms. The Kier molecular flexibility index (Phi) is 4.12. The number of nitrogens with zero attached hydrogens (tertiary/aromatic N) is 1. The molecule has 114 valence electrons. The number of rotatable bonds is 3. The number of carbonyl (C=O) groups is 1. The van der Waals surface area contributed by atoms with Gasteiger partial charge in [-0.2, -0.15) is 0 Å². The molecule has 5 nitrogen and oxygen atoms in total. The first kappa shape index (κ1) is 14.4. The molecule has 2 atom stereocenters. The molecule has 3 N–H and O–H groups in total. The third kappa shape index (κ3) is 3.19. The minimum atomic E-state index is -0.0890. The molecule has 5 heteroatoms. The molecule has 2 heterocycles. The average molecular weight is 289 g/mol. The van der Waals surface area contributed by atoms with Gasteiger partial charge in [-0.3, -0.25) is 9.69 Å². The molecule has 3 rings (SSSR count). The van der Waals surface area contributed by atoms with Crippen LogP contribution >= 0.6 is 0 Å². The van der Waals surface area contributed by atoms with Crippen molar-refractivity contribution < 1.29 is 9.53 Å². The standard InChI is InChI=1S/C16H23N3O2/c1-11-4-5-12(7-15(11)17)16(20)18-8-14-9-19-6-2-3-13(19)10-21-14/h4-5,7,13-14H,2-3,6,8-10,17H2,1H3,(H,18,20). The molecule has 0 saturated carbocycles. The van der Waals surface area contributed by atoms with Gasteiger partial charge >= 0.3 is 0 Å². The van der Waals surface area contributed by atoms with Crippen LogP contribution in [-0.4, -0.2) is 49.2 Å². The molecule has 21 heavy (non-hydrogen) atoms. The average Bonchev–Trinajstić information content (AvgIpc) is 2.95. The van der Waals surface area contributed by atoms with Gasteiger partial charge in [0.2, 0.25) is 0 Å². The number of carbonyl (C=O) groups excluding carboxylic acids is 1. The van der Waals surface area contributed by atoms with E-state index in [1.165, 1.54) is 12.8 Å². The van der Waals surface area contributed by atoms with Gasteiger partial charge in [0.15, 0.2) is 0 Å². The van der Waals surface area contributed by atoms with Crippen LogP contribution in [0.1, 0.15) is 28.8 Å². The molecule has 2 aliphatic heterocycles. The topological polar surface area (TPSA) is 67.6 Å². The Bertz CT molecular complexity index is 532. The molecule has 2 aliphatic rings. The molecule has 0 radical (unpaired) electrons. The summed E-state index contributed by atoms with van der Waals surface area (Å²) < 4.78 is 5.84. The molecule has 2 saturated heterocycles. The first-order valence-electron chi connectivity index (χ1n) is 7.63. The number of aryl methyl sites for hydroxylation is 1. The van der Waals surface area contributed by atoms with Crippen LogP contribution < -0.4 is 11.1 Å². The number of morpholine rings is 1. The van der Waals surface area contributed by atoms with Crippen LogP contribution in [0.25, 0.3) is 0 Å². The minimum Gasteiger partial charge on any atom is -0.398 e. The van der Waals surface area contributed by atoms with Crippen molar-refractivity contribution in [1.29, 1.82) is 0 Å². The number of amides is 1. The zero-order valence-electron chi connectivity index (χ0n) is 12.5. The second kappa shape index (κ2) is 6.03. The Morgan fingerprint density at radius 1 is 1.52 bits per heavy atom. The SMILES string of the molecule is Cc1ccc(C(=O)NCC2CN3CCCC3CO2)cc1N. The van der Waals surface area contributed by atoms with E-state index in [1.807, 2.05) is 13.0 Å². The van der Waals surface area contributed by atoms with Crippen LogP contribution in [0.15, 0.2) is 18.2 Å². The van der Waals surface area contributed by atoms with Crippen molar-refractivity contribution in [2.75, 3.05) is 32.0 Å². The predicted molar refractivity (Wildman–Crippen MR) is 82.3 cm³/mol. The Morgan fingerprint density at radius 2 is 2.38 bits per heavy atom. The van der Waals surface area contributed by atoms with Crippen LogP contribution in [0, 0.1) is 6.92 Å². The number of hydrogen-bond acceptors (Lipinski definition) is 4. The van der Waals surface area contributed by atoms with E-state index < -0.39 is 0 Å². The van der Waals surface area contributed by atoms with Crippen molar-refractivity contribution in [1.82, 2.24) is 10.2 Å². The molecule has 1 aromatic carbocycles. The summed E-state index contributed by atoms with van der Waals surface area (Å²) in [5.41, 5.74) is 8.09. The highest BCUT2D eigenvalue weighted by atomic mass is 16.5. The fraction of sp³-hybridized carbons (Fsp3) is 0.562. The Balaban J connectivity index is 1.52. The van der Waals surface area contributed by atoms with Gasteiger partial charge in [-0.05, 0) is 44.0 Å². The number of ether oxygens (including phenoxy) is 1. The van der Waals surface area contributed by atoms with E-state index in [0.717, 1.165) is 25.3 Å². The van der Waals surface area contributed by atoms with Gasteiger partial charge in [-0.1, -0.05) is 6.07 Å². The second-order valence-electron chi connectivity index (χ2n) is 6.03. The number of nitrogen functional groups attached to an aromatic ring is 1. The van der Waals surface area contributed by atoms with Crippen LogP contribution in [0.5, 0.6) is 0 Å². The number of nitrogens with two attached hydrogens (primary N) is 1. The highest BCUT2D eigenvalue weighted by molar-refractivity contribution is 5.95. The molecular weight excluding hydrogens is 266 g/mol. The van der Waals surface area contributed by atoms with Crippen molar-refractivity contribution >= 4 is 11.6 Å². The number of nitrogens with one attached hydrogen (secondary N) is 1. The second-order valence-corrected chi connectivity index (χ2v) is 6.03. The maximum Gasteiger partial charge on any atom is 0.251 e. The van der Waals surface area contributed by atoms with Gasteiger partial charge < -0.3 is 15.8 Å². The summed E-state index contributed by atoms with van der Waals surface area (Å²) in [5, 5.41) is 2.95. The van der Waals surface area contributed by atoms with E-state index in [1.54, 1.807) is 12.1 Å². The van der Waals surface area contributed by atoms with Gasteiger partial charge in [0.1, 0.15) is 0 Å². The molecule has 0 bridgehead atoms. The maximum absolute atomic E-state index is 12.1. The number of fused-ring (bicyclic) bond motifs is 1. The smallest absolute Gasteiger partial charge is 0.251 e. The lowest BCUT2D eigenvalue weighted by Gasteiger charge is -2.35. The monoisotopic (exact) mass is 289 g/mol. The third-order valence-corrected chi connectivity index (χ3v) is 4.49. The fourth-order valence-corrected chi connectivity index (χ4v) is 3.10. The summed E-state index contributed by atoms with van der Waals surface area (Å²) in [6, 6.07) is 5.99. The zero-order valence-corrected chi connectivity index (χ0v) is 12.5. The number of benzene rings is 1. The fourth-order valence-electron chi connectivity index (χ4n) is 3.10. The van der Waals surface area contributed by atoms with Gasteiger partial charge in [-0.25, -0.2) is 0 Å². The van der Waals surface area contributed by atoms with Crippen LogP contribution in [0.2, 0.25) is 0 Å². The Hall–Kier alpha value is -1.59. The van der Waals surface area contributed by atoms with E-state index in [2.05, 4.69) is 10.2 Å². The Labute approximate surface area is 125 Å². The van der Waals surface area contributed by atoms with E-state index in [0.29, 0.717) is 23.8 Å². The van der Waals surface area contributed by atoms with E-state index in [4.69, 9.17) is 10.5 Å². The molecule has 1 amide bonds. The van der Waals surface area contributed by atoms with E-state index in [-0.39, 0.29) is 12.0 Å². The van der Waals surface area contributed by atoms with Crippen molar-refractivity contribution in [2.45, 2.75) is 31.9 Å². The Morgan fingerprint density at radius 3 is 3.19 bits per heavy atom. The first-order chi connectivity index (χ1) is 10.1. The minimum absolute atomic E-state index is 0.0890. The highest BCUT2D eigenvalue weighted by Crippen LogP contribution is 2.22. The summed E-state index contributed by atoms with van der Waals surface area (Å²) in [4.78, 5) is 14.6. The lowest BCUT2D eigenvalue weighted by Crippen LogP contribution is -2.50. The van der Waals surface area contributed by atoms with Gasteiger partial charge in [-0.15, -0.1) is 0 Å². The summed E-state index contributed by atoms with van der Waals surface area (Å²) in [7, 11) is 0. The first-order valence-corrected chi connectivity index (χ1v) is 7.63. The molecule has 1 aromatic rings. The third-order valence-electron chi connectivity index (χ3n) is 4.49. The zero-order chi connectivity index (χ0) is 14.8. The van der Waals surface area contributed by atoms with Crippen molar-refractivity contribution in [3.8, 4) is 0 Å². The molecule has 2 fully saturated rings. The summed E-state index contributed by atoms with van der Waals surface area (Å²) in [5.74, 6) is -0.0890. The van der Waals surface area contributed by atoms with Crippen LogP contribution in [0.3, 0.4) is 0 Å². The summed E-state index contributed by atoms with van der Waals surface area (Å²) >= 11 is 0. The van der Waals surface area contributed by atoms with E-state index >= 15 is 0 Å². The molecule has 0 aliphatic carbocycles. The number of anilines is 1. The maximum atomic E-state index is 12.1. The largest absolute Gasteiger partial charge is 0.398 e. The van der Waals surface area contributed by atoms with Gasteiger partial charge in [0.25, 0.3) is 5.91 Å². The predicted octanol–water partition coefficient (Wildman–Crippen LogP) is 1.17. The van der Waals surface area contributed by atoms with Gasteiger partial charge in [0, 0.05) is 30.4 Å². The highest BCUT2D eigenvalue weighted by Gasteiger charge is 2.32. The van der Waals surface area contributed by atoms with E-state index in [9.17, 15) is 4.79 Å². The molecule has 2 unspecified atom stereocenters. The quantitative estimate of drug-likeness (QED) is 0.820. The van der Waals surface area contributed by atoms with Crippen molar-refractivity contribution in [3.63, 3.8) is 0 Å². The molecular formula is C16H23N3O2. The van der Waals surface area contributed by atoms with Crippen LogP contribution in [0.4, 0.5) is 5.69 Å². The van der Waals surface area contributed by atoms with Crippen molar-refractivity contribution in [2.24, 2.45) is 0 Å². The number of hydrogen-bond donors (Lipinski definition) is 2. The lowest BCUT2D eigenvalue weighted by atomic mass is 10.1. The summed E-state index contributed by atoms with van der Waals surface area (Å²) in [6.07, 6.45) is 2.59. The van der Waals surface area contributed by atoms with Crippen molar-refractivity contribution in [3.05, 3.63) is 29.3 Å². The normalized spacial score (nSPS) is 25.6. The van der Waals surface area contributed by atoms with Crippen LogP contribution in [-0.2, 0) is 4.74 Å². The van der Waals surface area contributed by atoms with Gasteiger partial charge in [0.05, 0.1) is 12.7 Å². The molecule has 0 aromatic heterocycles.